The van der Waals surface area contributed by atoms with Crippen molar-refractivity contribution >= 4 is 35.2 Å². The molecule has 0 bridgehead atoms. The highest BCUT2D eigenvalue weighted by atomic mass is 35.5. The standard InChI is InChI=1S/C15H17ClN6O2/c1-9-7-10(2)19-14(18-9)21-13(17)22(24-3)15(23)20-12-6-4-5-11(16)8-12/h4-8H,1-3H3,(H,20,23)(H2,17,18,19,21)/p+1. The molecule has 2 amide bonds. The van der Waals surface area contributed by atoms with Gasteiger partial charge in [0.1, 0.15) is 0 Å². The fourth-order valence-corrected chi connectivity index (χ4v) is 2.17. The lowest BCUT2D eigenvalue weighted by atomic mass is 10.3. The van der Waals surface area contributed by atoms with E-state index in [1.807, 2.05) is 19.9 Å². The number of aromatic nitrogens is 2. The number of nitrogens with one attached hydrogen (secondary N) is 2. The quantitative estimate of drug-likeness (QED) is 0.433. The highest BCUT2D eigenvalue weighted by molar-refractivity contribution is 6.30. The molecule has 0 aliphatic carbocycles. The minimum atomic E-state index is -0.603. The molecule has 0 fully saturated rings. The van der Waals surface area contributed by atoms with Crippen LogP contribution in [0.2, 0.25) is 5.02 Å². The number of aryl methyl sites for hydroxylation is 2. The van der Waals surface area contributed by atoms with Crippen molar-refractivity contribution in [2.24, 2.45) is 5.73 Å². The Morgan fingerprint density at radius 3 is 2.54 bits per heavy atom. The van der Waals surface area contributed by atoms with Crippen molar-refractivity contribution in [3.63, 3.8) is 0 Å². The molecule has 0 atom stereocenters. The number of halogens is 1. The Bertz CT molecular complexity index is 760. The van der Waals surface area contributed by atoms with Crippen molar-refractivity contribution in [3.8, 4) is 0 Å². The lowest BCUT2D eigenvalue weighted by Crippen LogP contribution is -2.75. The number of urea groups is 1. The minimum Gasteiger partial charge on any atom is -0.320 e. The number of carbonyl (C=O) groups excluding carboxylic acids is 1. The third-order valence-corrected chi connectivity index (χ3v) is 3.12. The van der Waals surface area contributed by atoms with Crippen LogP contribution < -0.4 is 16.0 Å². The van der Waals surface area contributed by atoms with E-state index in [2.05, 4.69) is 20.3 Å². The highest BCUT2D eigenvalue weighted by Gasteiger charge is 2.23. The first-order valence-corrected chi connectivity index (χ1v) is 7.39. The van der Waals surface area contributed by atoms with Crippen LogP contribution in [0.4, 0.5) is 16.4 Å². The second-order valence-electron chi connectivity index (χ2n) is 4.90. The summed E-state index contributed by atoms with van der Waals surface area (Å²) in [5.41, 5.74) is 7.93. The second-order valence-corrected chi connectivity index (χ2v) is 5.34. The van der Waals surface area contributed by atoms with Crippen LogP contribution in [-0.4, -0.2) is 34.1 Å². The first kappa shape index (κ1) is 17.6. The van der Waals surface area contributed by atoms with E-state index in [4.69, 9.17) is 22.2 Å². The maximum Gasteiger partial charge on any atom is 0.390 e. The van der Waals surface area contributed by atoms with Gasteiger partial charge in [-0.2, -0.15) is 0 Å². The SMILES string of the molecule is CON(C(=O)Nc1cccc(Cl)c1)C(N)=[NH+]c1nc(C)cc(C)n1. The number of anilines is 1. The van der Waals surface area contributed by atoms with Crippen molar-refractivity contribution in [1.29, 1.82) is 0 Å². The van der Waals surface area contributed by atoms with Crippen molar-refractivity contribution < 1.29 is 14.6 Å². The molecule has 24 heavy (non-hydrogen) atoms. The van der Waals surface area contributed by atoms with Gasteiger partial charge in [-0.3, -0.25) is 5.32 Å². The summed E-state index contributed by atoms with van der Waals surface area (Å²) >= 11 is 5.89. The van der Waals surface area contributed by atoms with Crippen LogP contribution in [0.3, 0.4) is 0 Å². The van der Waals surface area contributed by atoms with E-state index in [9.17, 15) is 4.79 Å². The van der Waals surface area contributed by atoms with E-state index in [0.717, 1.165) is 16.5 Å². The van der Waals surface area contributed by atoms with E-state index in [1.54, 1.807) is 24.3 Å². The Morgan fingerprint density at radius 2 is 1.96 bits per heavy atom. The predicted molar refractivity (Wildman–Crippen MR) is 90.6 cm³/mol. The zero-order chi connectivity index (χ0) is 17.7. The zero-order valence-corrected chi connectivity index (χ0v) is 14.3. The number of hydroxylamine groups is 2. The number of hydrogen-bond donors (Lipinski definition) is 3. The number of rotatable bonds is 3. The van der Waals surface area contributed by atoms with E-state index in [-0.39, 0.29) is 11.9 Å². The third-order valence-electron chi connectivity index (χ3n) is 2.88. The number of carbonyl (C=O) groups is 1. The molecule has 1 aromatic heterocycles. The van der Waals surface area contributed by atoms with Gasteiger partial charge in [-0.15, -0.1) is 9.97 Å². The van der Waals surface area contributed by atoms with Crippen LogP contribution in [0.15, 0.2) is 30.3 Å². The minimum absolute atomic E-state index is 0.0815. The summed E-state index contributed by atoms with van der Waals surface area (Å²) in [4.78, 5) is 28.4. The molecule has 0 radical (unpaired) electrons. The molecule has 1 aromatic carbocycles. The lowest BCUT2D eigenvalue weighted by molar-refractivity contribution is -0.378. The molecule has 0 saturated carbocycles. The Kier molecular flexibility index (Phi) is 5.67. The predicted octanol–water partition coefficient (Wildman–Crippen LogP) is 0.869. The van der Waals surface area contributed by atoms with Gasteiger partial charge in [-0.05, 0) is 32.0 Å². The van der Waals surface area contributed by atoms with Crippen molar-refractivity contribution in [3.05, 3.63) is 46.7 Å². The van der Waals surface area contributed by atoms with Crippen LogP contribution in [0.25, 0.3) is 0 Å². The van der Waals surface area contributed by atoms with Crippen LogP contribution >= 0.6 is 11.6 Å². The molecule has 0 spiro atoms. The van der Waals surface area contributed by atoms with Gasteiger partial charge < -0.3 is 5.73 Å². The molecule has 4 N–H and O–H groups in total. The number of guanidine groups is 1. The average molecular weight is 350 g/mol. The van der Waals surface area contributed by atoms with Crippen molar-refractivity contribution in [2.45, 2.75) is 13.8 Å². The molecule has 9 heteroatoms. The maximum absolute atomic E-state index is 12.3. The zero-order valence-electron chi connectivity index (χ0n) is 13.5. The molecule has 0 aliphatic rings. The fourth-order valence-electron chi connectivity index (χ4n) is 1.98. The Morgan fingerprint density at radius 1 is 1.29 bits per heavy atom. The number of nitrogens with zero attached hydrogens (tertiary/aromatic N) is 3. The van der Waals surface area contributed by atoms with Gasteiger partial charge in [0.2, 0.25) is 0 Å². The molecule has 2 aromatic rings. The fraction of sp³-hybridized carbons (Fsp3) is 0.200. The summed E-state index contributed by atoms with van der Waals surface area (Å²) in [5, 5.41) is 3.96. The summed E-state index contributed by atoms with van der Waals surface area (Å²) in [5.74, 6) is 0.185. The molecule has 0 saturated heterocycles. The summed E-state index contributed by atoms with van der Waals surface area (Å²) in [6.07, 6.45) is 0. The molecule has 1 heterocycles. The average Bonchev–Trinajstić information content (AvgIpc) is 2.46. The largest absolute Gasteiger partial charge is 0.390 e. The molecule has 2 rings (SSSR count). The van der Waals surface area contributed by atoms with Crippen LogP contribution in [0, 0.1) is 13.8 Å². The number of hydrogen-bond acceptors (Lipinski definition) is 4. The van der Waals surface area contributed by atoms with Crippen molar-refractivity contribution in [2.75, 3.05) is 12.4 Å². The highest BCUT2D eigenvalue weighted by Crippen LogP contribution is 2.15. The van der Waals surface area contributed by atoms with E-state index < -0.39 is 6.03 Å². The number of benzene rings is 1. The van der Waals surface area contributed by atoms with Gasteiger partial charge in [0, 0.05) is 16.8 Å². The normalized spacial score (nSPS) is 11.2. The Balaban J connectivity index is 2.19. The van der Waals surface area contributed by atoms with Crippen LogP contribution in [0.5, 0.6) is 0 Å². The molecule has 8 nitrogen and oxygen atoms in total. The molecule has 0 aliphatic heterocycles. The van der Waals surface area contributed by atoms with E-state index in [1.165, 1.54) is 7.11 Å². The summed E-state index contributed by atoms with van der Waals surface area (Å²) < 4.78 is 0. The molecule has 126 valence electrons. The lowest BCUT2D eigenvalue weighted by Gasteiger charge is -2.14. The summed E-state index contributed by atoms with van der Waals surface area (Å²) in [6, 6.07) is 7.92. The molecule has 0 unspecified atom stereocenters. The van der Waals surface area contributed by atoms with Gasteiger partial charge in [0.05, 0.1) is 18.5 Å². The summed E-state index contributed by atoms with van der Waals surface area (Å²) in [6.45, 7) is 3.66. The van der Waals surface area contributed by atoms with E-state index in [0.29, 0.717) is 10.7 Å². The Labute approximate surface area is 144 Å². The smallest absolute Gasteiger partial charge is 0.320 e. The van der Waals surface area contributed by atoms with Gasteiger partial charge in [-0.25, -0.2) is 14.6 Å². The number of amides is 2. The van der Waals surface area contributed by atoms with Gasteiger partial charge in [0.15, 0.2) is 0 Å². The van der Waals surface area contributed by atoms with E-state index >= 15 is 0 Å². The Hall–Kier alpha value is -2.71. The molecular weight excluding hydrogens is 332 g/mol. The maximum atomic E-state index is 12.3. The van der Waals surface area contributed by atoms with Crippen LogP contribution in [0.1, 0.15) is 11.4 Å². The topological polar surface area (TPSA) is 107 Å². The van der Waals surface area contributed by atoms with Gasteiger partial charge >= 0.3 is 17.9 Å². The molecular formula is C15H18ClN6O2+. The third kappa shape index (κ3) is 4.64. The first-order valence-electron chi connectivity index (χ1n) is 7.01. The second kappa shape index (κ2) is 7.71. The number of nitrogens with two attached hydrogens (primary N) is 1. The van der Waals surface area contributed by atoms with Gasteiger partial charge in [0.25, 0.3) is 0 Å². The van der Waals surface area contributed by atoms with Crippen molar-refractivity contribution in [1.82, 2.24) is 15.0 Å². The monoisotopic (exact) mass is 349 g/mol. The van der Waals surface area contributed by atoms with Gasteiger partial charge in [-0.1, -0.05) is 22.7 Å². The van der Waals surface area contributed by atoms with Crippen LogP contribution in [-0.2, 0) is 4.84 Å². The summed E-state index contributed by atoms with van der Waals surface area (Å²) in [7, 11) is 1.31. The first-order chi connectivity index (χ1) is 11.4.